The van der Waals surface area contributed by atoms with Gasteiger partial charge in [-0.25, -0.2) is 4.98 Å². The van der Waals surface area contributed by atoms with Gasteiger partial charge < -0.3 is 10.1 Å². The van der Waals surface area contributed by atoms with Crippen LogP contribution in [0, 0.1) is 16.7 Å². The normalized spacial score (nSPS) is 33.4. The molecular formula is C17H25ClN2O. The Morgan fingerprint density at radius 2 is 2.14 bits per heavy atom. The standard InChI is InChI=1S/C17H25ClN2O/c1-16(2)11-7-8-17(16,3)14(9-11)21-15-6-5-12(18)13(20-15)10-19-4/h5-6,11,14,19H,7-10H2,1-4H3. The Morgan fingerprint density at radius 3 is 2.71 bits per heavy atom. The van der Waals surface area contributed by atoms with Crippen molar-refractivity contribution in [3.8, 4) is 5.88 Å². The Morgan fingerprint density at radius 1 is 1.38 bits per heavy atom. The molecule has 0 saturated heterocycles. The first kappa shape index (κ1) is 15.1. The Kier molecular flexibility index (Phi) is 3.69. The molecule has 0 spiro atoms. The van der Waals surface area contributed by atoms with Gasteiger partial charge in [0.05, 0.1) is 10.7 Å². The smallest absolute Gasteiger partial charge is 0.213 e. The molecule has 0 aliphatic heterocycles. The van der Waals surface area contributed by atoms with Gasteiger partial charge in [0.25, 0.3) is 0 Å². The van der Waals surface area contributed by atoms with E-state index < -0.39 is 0 Å². The van der Waals surface area contributed by atoms with Crippen molar-refractivity contribution in [2.45, 2.75) is 52.7 Å². The highest BCUT2D eigenvalue weighted by Gasteiger charge is 2.62. The molecule has 1 aromatic heterocycles. The lowest BCUT2D eigenvalue weighted by Crippen LogP contribution is -2.39. The summed E-state index contributed by atoms with van der Waals surface area (Å²) < 4.78 is 6.29. The van der Waals surface area contributed by atoms with E-state index in [0.29, 0.717) is 22.9 Å². The van der Waals surface area contributed by atoms with E-state index in [9.17, 15) is 0 Å². The molecule has 116 valence electrons. The van der Waals surface area contributed by atoms with Gasteiger partial charge in [0, 0.05) is 18.0 Å². The summed E-state index contributed by atoms with van der Waals surface area (Å²) in [5.74, 6) is 1.48. The first-order valence-corrected chi connectivity index (χ1v) is 8.23. The van der Waals surface area contributed by atoms with E-state index in [-0.39, 0.29) is 11.5 Å². The third kappa shape index (κ3) is 2.25. The van der Waals surface area contributed by atoms with Crippen molar-refractivity contribution in [3.63, 3.8) is 0 Å². The lowest BCUT2D eigenvalue weighted by atomic mass is 9.70. The van der Waals surface area contributed by atoms with Gasteiger partial charge >= 0.3 is 0 Å². The Labute approximate surface area is 132 Å². The molecule has 0 radical (unpaired) electrons. The Bertz CT molecular complexity index is 546. The third-order valence-electron chi connectivity index (χ3n) is 6.21. The van der Waals surface area contributed by atoms with Gasteiger partial charge in [-0.15, -0.1) is 0 Å². The fourth-order valence-electron chi connectivity index (χ4n) is 4.28. The Balaban J connectivity index is 1.81. The maximum absolute atomic E-state index is 6.29. The second-order valence-corrected chi connectivity index (χ2v) is 7.73. The lowest BCUT2D eigenvalue weighted by Gasteiger charge is -2.38. The highest BCUT2D eigenvalue weighted by molar-refractivity contribution is 6.31. The number of fused-ring (bicyclic) bond motifs is 2. The van der Waals surface area contributed by atoms with Gasteiger partial charge in [-0.05, 0) is 43.7 Å². The predicted molar refractivity (Wildman–Crippen MR) is 85.7 cm³/mol. The van der Waals surface area contributed by atoms with Gasteiger partial charge in [-0.1, -0.05) is 32.4 Å². The van der Waals surface area contributed by atoms with Crippen LogP contribution in [0.1, 0.15) is 45.7 Å². The van der Waals surface area contributed by atoms with Crippen LogP contribution >= 0.6 is 11.6 Å². The summed E-state index contributed by atoms with van der Waals surface area (Å²) in [6, 6.07) is 3.78. The zero-order chi connectivity index (χ0) is 15.3. The molecule has 1 heterocycles. The van der Waals surface area contributed by atoms with Gasteiger partial charge in [0.2, 0.25) is 5.88 Å². The quantitative estimate of drug-likeness (QED) is 0.911. The maximum Gasteiger partial charge on any atom is 0.213 e. The molecule has 2 saturated carbocycles. The summed E-state index contributed by atoms with van der Waals surface area (Å²) in [5.41, 5.74) is 1.46. The largest absolute Gasteiger partial charge is 0.474 e. The number of aromatic nitrogens is 1. The number of nitrogens with one attached hydrogen (secondary N) is 1. The van der Waals surface area contributed by atoms with Crippen LogP contribution in [0.4, 0.5) is 0 Å². The van der Waals surface area contributed by atoms with Crippen molar-refractivity contribution < 1.29 is 4.74 Å². The van der Waals surface area contributed by atoms with Gasteiger partial charge in [-0.3, -0.25) is 0 Å². The highest BCUT2D eigenvalue weighted by atomic mass is 35.5. The molecule has 1 N–H and O–H groups in total. The minimum atomic E-state index is 0.252. The van der Waals surface area contributed by atoms with E-state index in [0.717, 1.165) is 18.0 Å². The number of pyridine rings is 1. The minimum absolute atomic E-state index is 0.252. The summed E-state index contributed by atoms with van der Waals surface area (Å²) in [6.45, 7) is 7.84. The van der Waals surface area contributed by atoms with Crippen LogP contribution in [-0.2, 0) is 6.54 Å². The zero-order valence-corrected chi connectivity index (χ0v) is 14.1. The molecular weight excluding hydrogens is 284 g/mol. The number of hydrogen-bond acceptors (Lipinski definition) is 3. The van der Waals surface area contributed by atoms with E-state index in [1.165, 1.54) is 12.8 Å². The van der Waals surface area contributed by atoms with Crippen molar-refractivity contribution in [2.24, 2.45) is 16.7 Å². The van der Waals surface area contributed by atoms with Gasteiger partial charge in [0.1, 0.15) is 6.10 Å². The van der Waals surface area contributed by atoms with Crippen LogP contribution < -0.4 is 10.1 Å². The number of rotatable bonds is 4. The van der Waals surface area contributed by atoms with Gasteiger partial charge in [0.15, 0.2) is 0 Å². The monoisotopic (exact) mass is 308 g/mol. The van der Waals surface area contributed by atoms with E-state index in [1.54, 1.807) is 0 Å². The van der Waals surface area contributed by atoms with Crippen LogP contribution in [0.2, 0.25) is 5.02 Å². The van der Waals surface area contributed by atoms with Crippen molar-refractivity contribution in [1.82, 2.24) is 10.3 Å². The summed E-state index contributed by atoms with van der Waals surface area (Å²) in [6.07, 6.45) is 4.01. The maximum atomic E-state index is 6.29. The molecule has 1 aromatic rings. The first-order chi connectivity index (χ1) is 9.88. The van der Waals surface area contributed by atoms with Crippen LogP contribution in [0.5, 0.6) is 5.88 Å². The molecule has 4 heteroatoms. The Hall–Kier alpha value is -0.800. The second kappa shape index (κ2) is 5.13. The van der Waals surface area contributed by atoms with Gasteiger partial charge in [-0.2, -0.15) is 0 Å². The zero-order valence-electron chi connectivity index (χ0n) is 13.4. The molecule has 2 fully saturated rings. The third-order valence-corrected chi connectivity index (χ3v) is 6.56. The molecule has 0 aromatic carbocycles. The fraction of sp³-hybridized carbons (Fsp3) is 0.706. The molecule has 3 unspecified atom stereocenters. The second-order valence-electron chi connectivity index (χ2n) is 7.33. The summed E-state index contributed by atoms with van der Waals surface area (Å²) >= 11 is 6.17. The summed E-state index contributed by atoms with van der Waals surface area (Å²) in [4.78, 5) is 4.57. The lowest BCUT2D eigenvalue weighted by molar-refractivity contribution is 0.0272. The number of nitrogens with zero attached hydrogens (tertiary/aromatic N) is 1. The van der Waals surface area contributed by atoms with E-state index in [2.05, 4.69) is 31.1 Å². The summed E-state index contributed by atoms with van der Waals surface area (Å²) in [5, 5.41) is 3.78. The number of halogens is 1. The van der Waals surface area contributed by atoms with E-state index in [1.807, 2.05) is 19.2 Å². The van der Waals surface area contributed by atoms with Crippen LogP contribution in [-0.4, -0.2) is 18.1 Å². The predicted octanol–water partition coefficient (Wildman–Crippen LogP) is 4.05. The molecule has 2 bridgehead atoms. The molecule has 0 amide bonds. The van der Waals surface area contributed by atoms with Crippen molar-refractivity contribution in [2.75, 3.05) is 7.05 Å². The van der Waals surface area contributed by atoms with Crippen molar-refractivity contribution in [1.29, 1.82) is 0 Å². The molecule has 2 aliphatic carbocycles. The number of hydrogen-bond donors (Lipinski definition) is 1. The first-order valence-electron chi connectivity index (χ1n) is 7.85. The van der Waals surface area contributed by atoms with E-state index >= 15 is 0 Å². The molecule has 3 rings (SSSR count). The highest BCUT2D eigenvalue weighted by Crippen LogP contribution is 2.66. The SMILES string of the molecule is CNCc1nc(OC2CC3CCC2(C)C3(C)C)ccc1Cl. The molecule has 2 aliphatic rings. The van der Waals surface area contributed by atoms with Crippen LogP contribution in [0.3, 0.4) is 0 Å². The van der Waals surface area contributed by atoms with E-state index in [4.69, 9.17) is 16.3 Å². The summed E-state index contributed by atoms with van der Waals surface area (Å²) in [7, 11) is 1.89. The van der Waals surface area contributed by atoms with Crippen LogP contribution in [0.25, 0.3) is 0 Å². The average Bonchev–Trinajstić information content (AvgIpc) is 2.76. The fourth-order valence-corrected chi connectivity index (χ4v) is 4.45. The molecule has 3 atom stereocenters. The van der Waals surface area contributed by atoms with Crippen molar-refractivity contribution >= 4 is 11.6 Å². The topological polar surface area (TPSA) is 34.2 Å². The molecule has 21 heavy (non-hydrogen) atoms. The molecule has 3 nitrogen and oxygen atoms in total. The minimum Gasteiger partial charge on any atom is -0.474 e. The van der Waals surface area contributed by atoms with Crippen LogP contribution in [0.15, 0.2) is 12.1 Å². The van der Waals surface area contributed by atoms with Crippen molar-refractivity contribution in [3.05, 3.63) is 22.8 Å². The number of ether oxygens (including phenoxy) is 1. The average molecular weight is 309 g/mol.